The summed E-state index contributed by atoms with van der Waals surface area (Å²) in [6.45, 7) is 1.97. The largest absolute Gasteiger partial charge is 0.322 e. The van der Waals surface area contributed by atoms with E-state index < -0.39 is 0 Å². The third-order valence-corrected chi connectivity index (χ3v) is 4.16. The number of thiazole rings is 1. The van der Waals surface area contributed by atoms with Gasteiger partial charge in [-0.15, -0.1) is 11.3 Å². The number of rotatable bonds is 3. The topological polar surface area (TPSA) is 76.5 Å². The summed E-state index contributed by atoms with van der Waals surface area (Å²) in [5.41, 5.74) is 2.65. The molecule has 6 nitrogen and oxygen atoms in total. The van der Waals surface area contributed by atoms with Crippen LogP contribution < -0.4 is 5.32 Å². The Morgan fingerprint density at radius 3 is 2.74 bits per heavy atom. The second kappa shape index (κ2) is 5.69. The van der Waals surface area contributed by atoms with Crippen LogP contribution >= 0.6 is 11.3 Å². The van der Waals surface area contributed by atoms with E-state index in [1.54, 1.807) is 29.9 Å². The van der Waals surface area contributed by atoms with E-state index in [-0.39, 0.29) is 0 Å². The molecule has 0 aliphatic carbocycles. The van der Waals surface area contributed by atoms with Crippen LogP contribution in [0.3, 0.4) is 0 Å². The maximum Gasteiger partial charge on any atom is 0.158 e. The molecular weight excluding hydrogens is 308 g/mol. The first-order chi connectivity index (χ1) is 11.3. The van der Waals surface area contributed by atoms with Crippen molar-refractivity contribution in [2.45, 2.75) is 6.92 Å². The van der Waals surface area contributed by atoms with Gasteiger partial charge in [0, 0.05) is 46.7 Å². The number of nitrogens with one attached hydrogen (secondary N) is 1. The molecule has 112 valence electrons. The maximum absolute atomic E-state index is 4.52. The molecule has 0 saturated heterocycles. The third kappa shape index (κ3) is 2.62. The molecule has 0 fully saturated rings. The molecule has 0 bridgehead atoms. The van der Waals surface area contributed by atoms with Gasteiger partial charge in [-0.3, -0.25) is 4.98 Å². The van der Waals surface area contributed by atoms with Crippen LogP contribution in [0.25, 0.3) is 22.0 Å². The Balaban J connectivity index is 1.85. The minimum atomic E-state index is 0.687. The highest BCUT2D eigenvalue weighted by Gasteiger charge is 2.11. The van der Waals surface area contributed by atoms with Crippen LogP contribution in [0.1, 0.15) is 5.01 Å². The SMILES string of the molecule is Cc1nc(Nc2ncc(-c3cncnc3)c3cccnc23)cs1. The van der Waals surface area contributed by atoms with Crippen molar-refractivity contribution in [3.63, 3.8) is 0 Å². The minimum Gasteiger partial charge on any atom is -0.322 e. The van der Waals surface area contributed by atoms with Crippen LogP contribution in [0.2, 0.25) is 0 Å². The van der Waals surface area contributed by atoms with Gasteiger partial charge in [0.05, 0.1) is 5.01 Å². The fourth-order valence-corrected chi connectivity index (χ4v) is 2.92. The number of hydrogen-bond acceptors (Lipinski definition) is 7. The summed E-state index contributed by atoms with van der Waals surface area (Å²) in [4.78, 5) is 21.6. The van der Waals surface area contributed by atoms with Gasteiger partial charge in [0.15, 0.2) is 5.82 Å². The summed E-state index contributed by atoms with van der Waals surface area (Å²) >= 11 is 1.59. The van der Waals surface area contributed by atoms with Crippen molar-refractivity contribution in [3.05, 3.63) is 53.6 Å². The standard InChI is InChI=1S/C16H12N6S/c1-10-21-14(8-23-10)22-16-15-12(3-2-4-19-15)13(7-20-16)11-5-17-9-18-6-11/h2-9H,1H3,(H,20,22). The van der Waals surface area contributed by atoms with Crippen molar-refractivity contribution < 1.29 is 0 Å². The van der Waals surface area contributed by atoms with Gasteiger partial charge >= 0.3 is 0 Å². The highest BCUT2D eigenvalue weighted by Crippen LogP contribution is 2.30. The average Bonchev–Trinajstić information content (AvgIpc) is 3.01. The van der Waals surface area contributed by atoms with Crippen LogP contribution in [0.5, 0.6) is 0 Å². The Kier molecular flexibility index (Phi) is 3.39. The van der Waals surface area contributed by atoms with Crippen LogP contribution in [0.15, 0.2) is 48.6 Å². The zero-order valence-electron chi connectivity index (χ0n) is 12.3. The minimum absolute atomic E-state index is 0.687. The molecule has 0 aliphatic rings. The number of aromatic nitrogens is 5. The van der Waals surface area contributed by atoms with Gasteiger partial charge in [-0.2, -0.15) is 0 Å². The molecule has 0 unspecified atom stereocenters. The highest BCUT2D eigenvalue weighted by atomic mass is 32.1. The molecule has 4 rings (SSSR count). The van der Waals surface area contributed by atoms with Gasteiger partial charge in [0.25, 0.3) is 0 Å². The monoisotopic (exact) mass is 320 g/mol. The van der Waals surface area contributed by atoms with Gasteiger partial charge in [-0.1, -0.05) is 6.07 Å². The first-order valence-corrected chi connectivity index (χ1v) is 7.87. The molecule has 0 atom stereocenters. The summed E-state index contributed by atoms with van der Waals surface area (Å²) in [6, 6.07) is 3.93. The van der Waals surface area contributed by atoms with Crippen molar-refractivity contribution in [3.8, 4) is 11.1 Å². The number of nitrogens with zero attached hydrogens (tertiary/aromatic N) is 5. The molecule has 4 aromatic heterocycles. The lowest BCUT2D eigenvalue weighted by Gasteiger charge is -2.09. The lowest BCUT2D eigenvalue weighted by molar-refractivity contribution is 1.17. The van der Waals surface area contributed by atoms with Crippen molar-refractivity contribution in [1.29, 1.82) is 0 Å². The number of fused-ring (bicyclic) bond motifs is 1. The Morgan fingerprint density at radius 2 is 1.96 bits per heavy atom. The summed E-state index contributed by atoms with van der Waals surface area (Å²) in [5, 5.41) is 7.20. The number of aryl methyl sites for hydroxylation is 1. The Bertz CT molecular complexity index is 967. The van der Waals surface area contributed by atoms with Crippen molar-refractivity contribution in [2.24, 2.45) is 0 Å². The molecule has 0 spiro atoms. The number of hydrogen-bond donors (Lipinski definition) is 1. The second-order valence-corrected chi connectivity index (χ2v) is 5.99. The Hall–Kier alpha value is -2.93. The second-order valence-electron chi connectivity index (χ2n) is 4.92. The number of anilines is 2. The fourth-order valence-electron chi connectivity index (χ4n) is 2.37. The van der Waals surface area contributed by atoms with Crippen molar-refractivity contribution in [2.75, 3.05) is 5.32 Å². The molecule has 0 amide bonds. The van der Waals surface area contributed by atoms with E-state index in [2.05, 4.69) is 30.2 Å². The molecule has 1 N–H and O–H groups in total. The molecule has 4 aromatic rings. The van der Waals surface area contributed by atoms with E-state index >= 15 is 0 Å². The summed E-state index contributed by atoms with van der Waals surface area (Å²) in [5.74, 6) is 1.47. The zero-order chi connectivity index (χ0) is 15.6. The van der Waals surface area contributed by atoms with Gasteiger partial charge in [-0.25, -0.2) is 19.9 Å². The summed E-state index contributed by atoms with van der Waals surface area (Å²) in [7, 11) is 0. The molecule has 4 heterocycles. The maximum atomic E-state index is 4.52. The van der Waals surface area contributed by atoms with E-state index in [4.69, 9.17) is 0 Å². The summed E-state index contributed by atoms with van der Waals surface area (Å²) in [6.07, 6.45) is 8.62. The lowest BCUT2D eigenvalue weighted by atomic mass is 10.1. The van der Waals surface area contributed by atoms with Crippen LogP contribution in [-0.4, -0.2) is 24.9 Å². The van der Waals surface area contributed by atoms with Gasteiger partial charge in [-0.05, 0) is 13.0 Å². The molecular formula is C16H12N6S. The molecule has 0 saturated carbocycles. The molecule has 7 heteroatoms. The average molecular weight is 320 g/mol. The van der Waals surface area contributed by atoms with E-state index in [1.807, 2.05) is 30.6 Å². The van der Waals surface area contributed by atoms with Crippen LogP contribution in [0, 0.1) is 6.92 Å². The van der Waals surface area contributed by atoms with E-state index in [9.17, 15) is 0 Å². The Labute approximate surface area is 136 Å². The summed E-state index contributed by atoms with van der Waals surface area (Å²) < 4.78 is 0. The van der Waals surface area contributed by atoms with E-state index in [0.29, 0.717) is 5.82 Å². The Morgan fingerprint density at radius 1 is 1.09 bits per heavy atom. The van der Waals surface area contributed by atoms with E-state index in [1.165, 1.54) is 6.33 Å². The molecule has 0 radical (unpaired) electrons. The molecule has 23 heavy (non-hydrogen) atoms. The van der Waals surface area contributed by atoms with Crippen molar-refractivity contribution in [1.82, 2.24) is 24.9 Å². The number of pyridine rings is 2. The zero-order valence-corrected chi connectivity index (χ0v) is 13.1. The highest BCUT2D eigenvalue weighted by molar-refractivity contribution is 7.09. The first kappa shape index (κ1) is 13.7. The lowest BCUT2D eigenvalue weighted by Crippen LogP contribution is -1.98. The predicted molar refractivity (Wildman–Crippen MR) is 90.7 cm³/mol. The molecule has 0 aliphatic heterocycles. The van der Waals surface area contributed by atoms with Crippen molar-refractivity contribution >= 4 is 33.9 Å². The van der Waals surface area contributed by atoms with Gasteiger partial charge < -0.3 is 5.32 Å². The predicted octanol–water partition coefficient (Wildman–Crippen LogP) is 3.60. The van der Waals surface area contributed by atoms with Gasteiger partial charge in [0.2, 0.25) is 0 Å². The van der Waals surface area contributed by atoms with Crippen LogP contribution in [0.4, 0.5) is 11.6 Å². The van der Waals surface area contributed by atoms with Crippen LogP contribution in [-0.2, 0) is 0 Å². The quantitative estimate of drug-likeness (QED) is 0.621. The third-order valence-electron chi connectivity index (χ3n) is 3.38. The fraction of sp³-hybridized carbons (Fsp3) is 0.0625. The normalized spacial score (nSPS) is 10.8. The van der Waals surface area contributed by atoms with E-state index in [0.717, 1.165) is 32.9 Å². The molecule has 0 aromatic carbocycles. The smallest absolute Gasteiger partial charge is 0.158 e. The first-order valence-electron chi connectivity index (χ1n) is 6.99. The van der Waals surface area contributed by atoms with Gasteiger partial charge in [0.1, 0.15) is 17.7 Å².